The van der Waals surface area contributed by atoms with Crippen LogP contribution in [-0.2, 0) is 4.79 Å². The fourth-order valence-electron chi connectivity index (χ4n) is 5.49. The predicted octanol–water partition coefficient (Wildman–Crippen LogP) is 3.98. The van der Waals surface area contributed by atoms with Gasteiger partial charge in [-0.3, -0.25) is 14.7 Å². The number of aryl methyl sites for hydroxylation is 1. The number of rotatable bonds is 6. The van der Waals surface area contributed by atoms with Crippen LogP contribution in [0.15, 0.2) is 24.8 Å². The maximum absolute atomic E-state index is 12.1. The van der Waals surface area contributed by atoms with Gasteiger partial charge in [-0.25, -0.2) is 9.50 Å². The molecule has 1 aliphatic heterocycles. The Balaban J connectivity index is 1.51. The highest BCUT2D eigenvalue weighted by Gasteiger charge is 2.27. The first-order valence-electron chi connectivity index (χ1n) is 12.6. The normalized spacial score (nSPS) is 15.3. The molecule has 0 spiro atoms. The van der Waals surface area contributed by atoms with Crippen molar-refractivity contribution in [3.63, 3.8) is 0 Å². The fourth-order valence-corrected chi connectivity index (χ4v) is 5.49. The van der Waals surface area contributed by atoms with Crippen LogP contribution in [-0.4, -0.2) is 81.1 Å². The second-order valence-electron chi connectivity index (χ2n) is 10.3. The fraction of sp³-hybridized carbons (Fsp3) is 0.481. The van der Waals surface area contributed by atoms with Crippen LogP contribution in [0.3, 0.4) is 0 Å². The Hall–Kier alpha value is -3.46. The van der Waals surface area contributed by atoms with Gasteiger partial charge in [-0.15, -0.1) is 0 Å². The lowest BCUT2D eigenvalue weighted by Gasteiger charge is -2.32. The van der Waals surface area contributed by atoms with E-state index in [0.29, 0.717) is 29.8 Å². The van der Waals surface area contributed by atoms with Gasteiger partial charge in [0.25, 0.3) is 0 Å². The summed E-state index contributed by atoms with van der Waals surface area (Å²) in [5, 5.41) is 5.60. The molecule has 1 saturated heterocycles. The zero-order valence-electron chi connectivity index (χ0n) is 22.0. The lowest BCUT2D eigenvalue weighted by molar-refractivity contribution is -0.130. The van der Waals surface area contributed by atoms with Crippen LogP contribution in [0.2, 0.25) is 0 Å². The molecule has 0 atom stereocenters. The number of aromatic amines is 1. The molecule has 0 aromatic carbocycles. The quantitative estimate of drug-likeness (QED) is 0.441. The highest BCUT2D eigenvalue weighted by molar-refractivity contribution is 5.94. The topological polar surface area (TPSA) is 91.7 Å². The lowest BCUT2D eigenvalue weighted by Crippen LogP contribution is -2.40. The summed E-state index contributed by atoms with van der Waals surface area (Å²) in [6.45, 7) is 8.99. The van der Waals surface area contributed by atoms with Gasteiger partial charge in [-0.1, -0.05) is 13.8 Å². The zero-order chi connectivity index (χ0) is 25.6. The lowest BCUT2D eigenvalue weighted by atomic mass is 9.87. The molecule has 5 rings (SSSR count). The summed E-state index contributed by atoms with van der Waals surface area (Å²) in [6.07, 6.45) is 7.54. The molecule has 9 nitrogen and oxygen atoms in total. The number of H-pyrrole nitrogens is 1. The number of pyridine rings is 2. The summed E-state index contributed by atoms with van der Waals surface area (Å²) >= 11 is 0. The molecular weight excluding hydrogens is 454 g/mol. The van der Waals surface area contributed by atoms with Crippen molar-refractivity contribution in [1.29, 1.82) is 0 Å². The van der Waals surface area contributed by atoms with E-state index in [0.717, 1.165) is 42.7 Å². The van der Waals surface area contributed by atoms with Crippen molar-refractivity contribution in [3.8, 4) is 17.0 Å². The van der Waals surface area contributed by atoms with Crippen molar-refractivity contribution in [3.05, 3.63) is 41.6 Å². The van der Waals surface area contributed by atoms with Gasteiger partial charge in [0.05, 0.1) is 31.1 Å². The predicted molar refractivity (Wildman–Crippen MR) is 141 cm³/mol. The number of nitrogens with one attached hydrogen (secondary N) is 1. The minimum Gasteiger partial charge on any atom is -0.493 e. The third-order valence-corrected chi connectivity index (χ3v) is 7.42. The number of piperidine rings is 1. The van der Waals surface area contributed by atoms with E-state index >= 15 is 0 Å². The van der Waals surface area contributed by atoms with Crippen LogP contribution in [0.4, 0.5) is 0 Å². The third-order valence-electron chi connectivity index (χ3n) is 7.42. The Morgan fingerprint density at radius 2 is 2.00 bits per heavy atom. The molecule has 36 heavy (non-hydrogen) atoms. The van der Waals surface area contributed by atoms with Gasteiger partial charge in [-0.05, 0) is 56.0 Å². The number of carbonyl (C=O) groups is 1. The molecule has 4 aromatic heterocycles. The van der Waals surface area contributed by atoms with E-state index in [1.54, 1.807) is 16.5 Å². The largest absolute Gasteiger partial charge is 0.493 e. The Labute approximate surface area is 211 Å². The Morgan fingerprint density at radius 1 is 1.25 bits per heavy atom. The van der Waals surface area contributed by atoms with E-state index in [1.807, 2.05) is 32.6 Å². The molecule has 0 unspecified atom stereocenters. The average Bonchev–Trinajstić information content (AvgIpc) is 3.49. The van der Waals surface area contributed by atoms with Crippen LogP contribution in [0.5, 0.6) is 5.75 Å². The number of ether oxygens (including phenoxy) is 1. The Morgan fingerprint density at radius 3 is 2.67 bits per heavy atom. The van der Waals surface area contributed by atoms with Gasteiger partial charge in [0.1, 0.15) is 6.33 Å². The number of aromatic nitrogens is 5. The van der Waals surface area contributed by atoms with Crippen molar-refractivity contribution in [1.82, 2.24) is 34.4 Å². The van der Waals surface area contributed by atoms with Gasteiger partial charge in [0.2, 0.25) is 5.91 Å². The Bertz CT molecular complexity index is 1410. The van der Waals surface area contributed by atoms with E-state index < -0.39 is 0 Å². The molecule has 4 aromatic rings. The van der Waals surface area contributed by atoms with E-state index in [2.05, 4.69) is 40.7 Å². The molecular formula is C27H35N7O2. The van der Waals surface area contributed by atoms with Gasteiger partial charge >= 0.3 is 0 Å². The summed E-state index contributed by atoms with van der Waals surface area (Å²) in [5.74, 6) is 1.55. The molecule has 0 bridgehead atoms. The van der Waals surface area contributed by atoms with E-state index in [9.17, 15) is 4.79 Å². The smallest absolute Gasteiger partial charge is 0.236 e. The molecule has 1 amide bonds. The zero-order valence-corrected chi connectivity index (χ0v) is 22.0. The summed E-state index contributed by atoms with van der Waals surface area (Å²) < 4.78 is 7.37. The number of nitrogens with zero attached hydrogens (tertiary/aromatic N) is 6. The SMILES string of the molecule is COc1cc(-c2[nH]c3cnc(C4CCN(CC(=O)N(C)C)CC4)c(C)c3c2C(C)C)cn2ncnc12. The average molecular weight is 490 g/mol. The number of likely N-dealkylation sites (N-methyl/N-ethyl adjacent to an activating group) is 1. The molecule has 0 saturated carbocycles. The molecule has 0 radical (unpaired) electrons. The van der Waals surface area contributed by atoms with Gasteiger partial charge in [0.15, 0.2) is 11.4 Å². The van der Waals surface area contributed by atoms with Crippen molar-refractivity contribution < 1.29 is 9.53 Å². The maximum atomic E-state index is 12.1. The second kappa shape index (κ2) is 9.54. The van der Waals surface area contributed by atoms with Crippen molar-refractivity contribution in [2.75, 3.05) is 40.8 Å². The van der Waals surface area contributed by atoms with Crippen molar-refractivity contribution in [2.24, 2.45) is 0 Å². The molecule has 1 N–H and O–H groups in total. The van der Waals surface area contributed by atoms with Crippen LogP contribution in [0, 0.1) is 6.92 Å². The Kier molecular flexibility index (Phi) is 6.42. The molecule has 5 heterocycles. The monoisotopic (exact) mass is 489 g/mol. The van der Waals surface area contributed by atoms with E-state index in [4.69, 9.17) is 9.72 Å². The summed E-state index contributed by atoms with van der Waals surface area (Å²) in [6, 6.07) is 2.02. The highest BCUT2D eigenvalue weighted by Crippen LogP contribution is 2.40. The highest BCUT2D eigenvalue weighted by atomic mass is 16.5. The number of methoxy groups -OCH3 is 1. The van der Waals surface area contributed by atoms with E-state index in [1.165, 1.54) is 28.5 Å². The molecule has 190 valence electrons. The molecule has 9 heteroatoms. The standard InChI is InChI=1S/C27H35N7O2/c1-16(2)23-24-17(3)25(18-7-9-33(10-8-18)14-22(35)32(4)5)28-12-20(24)31-26(23)19-11-21(36-6)27-29-15-30-34(27)13-19/h11-13,15-16,18,31H,7-10,14H2,1-6H3. The number of fused-ring (bicyclic) bond motifs is 2. The number of hydrogen-bond donors (Lipinski definition) is 1. The first-order valence-corrected chi connectivity index (χ1v) is 12.6. The van der Waals surface area contributed by atoms with Crippen LogP contribution < -0.4 is 4.74 Å². The number of hydrogen-bond acceptors (Lipinski definition) is 6. The van der Waals surface area contributed by atoms with Gasteiger partial charge < -0.3 is 14.6 Å². The molecule has 0 aliphatic carbocycles. The summed E-state index contributed by atoms with van der Waals surface area (Å²) in [4.78, 5) is 29.0. The second-order valence-corrected chi connectivity index (χ2v) is 10.3. The van der Waals surface area contributed by atoms with Gasteiger partial charge in [0, 0.05) is 42.9 Å². The van der Waals surface area contributed by atoms with Crippen LogP contribution >= 0.6 is 0 Å². The summed E-state index contributed by atoms with van der Waals surface area (Å²) in [5.41, 5.74) is 7.51. The minimum absolute atomic E-state index is 0.159. The molecule has 1 fully saturated rings. The molecule has 1 aliphatic rings. The van der Waals surface area contributed by atoms with E-state index in [-0.39, 0.29) is 5.91 Å². The third kappa shape index (κ3) is 4.21. The number of likely N-dealkylation sites (tertiary alicyclic amines) is 1. The van der Waals surface area contributed by atoms with Crippen molar-refractivity contribution in [2.45, 2.75) is 45.4 Å². The first kappa shape index (κ1) is 24.2. The number of amides is 1. The minimum atomic E-state index is 0.159. The number of carbonyl (C=O) groups excluding carboxylic acids is 1. The summed E-state index contributed by atoms with van der Waals surface area (Å²) in [7, 11) is 5.29. The maximum Gasteiger partial charge on any atom is 0.236 e. The van der Waals surface area contributed by atoms with Crippen LogP contribution in [0.1, 0.15) is 55.3 Å². The van der Waals surface area contributed by atoms with Crippen molar-refractivity contribution >= 4 is 22.5 Å². The van der Waals surface area contributed by atoms with Gasteiger partial charge in [-0.2, -0.15) is 5.10 Å². The van der Waals surface area contributed by atoms with Crippen LogP contribution in [0.25, 0.3) is 27.8 Å². The first-order chi connectivity index (χ1) is 17.3.